The fraction of sp³-hybridized carbons (Fsp3) is 0.944. The Hall–Kier alpha value is -0.780. The van der Waals surface area contributed by atoms with Gasteiger partial charge in [0, 0.05) is 25.0 Å². The second kappa shape index (κ2) is 7.63. The summed E-state index contributed by atoms with van der Waals surface area (Å²) < 4.78 is 39.1. The molecule has 3 atom stereocenters. The molecule has 3 nitrogen and oxygen atoms in total. The lowest BCUT2D eigenvalue weighted by molar-refractivity contribution is -0.187. The van der Waals surface area contributed by atoms with Crippen LogP contribution in [0, 0.1) is 11.8 Å². The zero-order chi connectivity index (χ0) is 17.2. The molecule has 138 valence electrons. The van der Waals surface area contributed by atoms with Gasteiger partial charge in [-0.1, -0.05) is 12.8 Å². The Morgan fingerprint density at radius 2 is 1.58 bits per heavy atom. The van der Waals surface area contributed by atoms with Gasteiger partial charge in [0.25, 0.3) is 0 Å². The molecule has 0 aromatic heterocycles. The van der Waals surface area contributed by atoms with E-state index in [-0.39, 0.29) is 18.7 Å². The van der Waals surface area contributed by atoms with E-state index in [0.29, 0.717) is 25.4 Å². The van der Waals surface area contributed by atoms with Gasteiger partial charge < -0.3 is 4.90 Å². The molecule has 3 fully saturated rings. The number of hydrogen-bond donors (Lipinski definition) is 0. The van der Waals surface area contributed by atoms with Crippen LogP contribution in [0.5, 0.6) is 0 Å². The van der Waals surface area contributed by atoms with E-state index in [2.05, 4.69) is 4.90 Å². The molecule has 2 heterocycles. The summed E-state index contributed by atoms with van der Waals surface area (Å²) in [6.07, 6.45) is 2.81. The molecular formula is C18H29F3N2O. The zero-order valence-corrected chi connectivity index (χ0v) is 14.4. The first-order valence-corrected chi connectivity index (χ1v) is 9.54. The van der Waals surface area contributed by atoms with Gasteiger partial charge in [0.1, 0.15) is 0 Å². The summed E-state index contributed by atoms with van der Waals surface area (Å²) in [7, 11) is 0. The third kappa shape index (κ3) is 4.24. The molecule has 3 aliphatic rings. The zero-order valence-electron chi connectivity index (χ0n) is 14.4. The van der Waals surface area contributed by atoms with Crippen LogP contribution in [0.25, 0.3) is 0 Å². The molecule has 2 aliphatic heterocycles. The summed E-state index contributed by atoms with van der Waals surface area (Å²) in [5, 5.41) is 0. The van der Waals surface area contributed by atoms with Crippen LogP contribution in [-0.2, 0) is 4.79 Å². The van der Waals surface area contributed by atoms with Gasteiger partial charge >= 0.3 is 6.18 Å². The molecule has 0 N–H and O–H groups in total. The van der Waals surface area contributed by atoms with Crippen molar-refractivity contribution >= 4 is 5.91 Å². The van der Waals surface area contributed by atoms with Crippen LogP contribution < -0.4 is 0 Å². The van der Waals surface area contributed by atoms with Crippen molar-refractivity contribution in [3.05, 3.63) is 0 Å². The van der Waals surface area contributed by atoms with Gasteiger partial charge in [-0.15, -0.1) is 0 Å². The second-order valence-corrected chi connectivity index (χ2v) is 7.78. The molecule has 1 aliphatic carbocycles. The van der Waals surface area contributed by atoms with E-state index < -0.39 is 18.0 Å². The number of alkyl halides is 3. The van der Waals surface area contributed by atoms with E-state index in [1.165, 1.54) is 12.8 Å². The topological polar surface area (TPSA) is 23.6 Å². The maximum atomic E-state index is 13.0. The largest absolute Gasteiger partial charge is 0.391 e. The van der Waals surface area contributed by atoms with Gasteiger partial charge in [0.15, 0.2) is 0 Å². The SMILES string of the molecule is O=C([C@@H]1CCC[C@H](C(F)(F)F)C1)N1CCCC[C@H](N2CCCC2)C1. The van der Waals surface area contributed by atoms with E-state index in [0.717, 1.165) is 38.9 Å². The summed E-state index contributed by atoms with van der Waals surface area (Å²) in [5.41, 5.74) is 0. The van der Waals surface area contributed by atoms with E-state index in [9.17, 15) is 18.0 Å². The molecule has 0 aromatic rings. The van der Waals surface area contributed by atoms with E-state index in [4.69, 9.17) is 0 Å². The van der Waals surface area contributed by atoms with Crippen LogP contribution in [-0.4, -0.2) is 54.1 Å². The summed E-state index contributed by atoms with van der Waals surface area (Å²) in [6, 6.07) is 0.404. The molecule has 0 spiro atoms. The molecule has 24 heavy (non-hydrogen) atoms. The predicted molar refractivity (Wildman–Crippen MR) is 86.5 cm³/mol. The van der Waals surface area contributed by atoms with Crippen LogP contribution in [0.2, 0.25) is 0 Å². The first-order valence-electron chi connectivity index (χ1n) is 9.54. The summed E-state index contributed by atoms with van der Waals surface area (Å²) in [5.74, 6) is -1.74. The van der Waals surface area contributed by atoms with Gasteiger partial charge in [-0.2, -0.15) is 13.2 Å². The third-order valence-electron chi connectivity index (χ3n) is 6.10. The van der Waals surface area contributed by atoms with Crippen molar-refractivity contribution in [2.24, 2.45) is 11.8 Å². The van der Waals surface area contributed by atoms with Crippen LogP contribution >= 0.6 is 0 Å². The number of nitrogens with zero attached hydrogens (tertiary/aromatic N) is 2. The molecule has 0 bridgehead atoms. The van der Waals surface area contributed by atoms with Crippen molar-refractivity contribution in [3.63, 3.8) is 0 Å². The maximum absolute atomic E-state index is 13.0. The van der Waals surface area contributed by atoms with E-state index in [1.807, 2.05) is 4.90 Å². The minimum Gasteiger partial charge on any atom is -0.341 e. The highest BCUT2D eigenvalue weighted by atomic mass is 19.4. The van der Waals surface area contributed by atoms with Gasteiger partial charge in [0.2, 0.25) is 5.91 Å². The normalized spacial score (nSPS) is 33.5. The lowest BCUT2D eigenvalue weighted by atomic mass is 9.80. The Balaban J connectivity index is 1.62. The maximum Gasteiger partial charge on any atom is 0.391 e. The molecule has 1 amide bonds. The average Bonchev–Trinajstić information content (AvgIpc) is 2.98. The van der Waals surface area contributed by atoms with E-state index >= 15 is 0 Å². The van der Waals surface area contributed by atoms with Crippen LogP contribution in [0.3, 0.4) is 0 Å². The quantitative estimate of drug-likeness (QED) is 0.759. The van der Waals surface area contributed by atoms with Crippen molar-refractivity contribution < 1.29 is 18.0 Å². The van der Waals surface area contributed by atoms with Gasteiger partial charge in [-0.05, 0) is 58.0 Å². The summed E-state index contributed by atoms with van der Waals surface area (Å²) in [4.78, 5) is 17.2. The van der Waals surface area contributed by atoms with Gasteiger partial charge in [-0.3, -0.25) is 9.69 Å². The van der Waals surface area contributed by atoms with E-state index in [1.54, 1.807) is 0 Å². The molecule has 2 saturated heterocycles. The Bertz CT molecular complexity index is 434. The molecule has 0 radical (unpaired) electrons. The third-order valence-corrected chi connectivity index (χ3v) is 6.10. The Morgan fingerprint density at radius 3 is 2.29 bits per heavy atom. The first-order chi connectivity index (χ1) is 11.4. The summed E-state index contributed by atoms with van der Waals surface area (Å²) >= 11 is 0. The number of hydrogen-bond acceptors (Lipinski definition) is 2. The van der Waals surface area contributed by atoms with Crippen molar-refractivity contribution in [2.45, 2.75) is 70.0 Å². The fourth-order valence-electron chi connectivity index (χ4n) is 4.69. The highest BCUT2D eigenvalue weighted by Crippen LogP contribution is 2.40. The van der Waals surface area contributed by atoms with Crippen LogP contribution in [0.1, 0.15) is 57.8 Å². The second-order valence-electron chi connectivity index (χ2n) is 7.78. The smallest absolute Gasteiger partial charge is 0.341 e. The number of halogens is 3. The number of rotatable bonds is 2. The number of likely N-dealkylation sites (tertiary alicyclic amines) is 2. The molecule has 3 rings (SSSR count). The van der Waals surface area contributed by atoms with Crippen molar-refractivity contribution in [1.82, 2.24) is 9.80 Å². The lowest BCUT2D eigenvalue weighted by Crippen LogP contribution is -2.46. The Labute approximate surface area is 142 Å². The fourth-order valence-corrected chi connectivity index (χ4v) is 4.69. The average molecular weight is 346 g/mol. The number of amides is 1. The first kappa shape index (κ1) is 18.0. The highest BCUT2D eigenvalue weighted by molar-refractivity contribution is 5.79. The standard InChI is InChI=1S/C18H29F3N2O/c19-18(20,21)15-7-5-6-14(12-15)17(24)23-11-2-1-8-16(13-23)22-9-3-4-10-22/h14-16H,1-13H2/t14-,15+,16+/m1/s1. The van der Waals surface area contributed by atoms with Crippen LogP contribution in [0.15, 0.2) is 0 Å². The highest BCUT2D eigenvalue weighted by Gasteiger charge is 2.44. The molecule has 6 heteroatoms. The minimum atomic E-state index is -4.16. The number of carbonyl (C=O) groups is 1. The Kier molecular flexibility index (Phi) is 5.73. The molecule has 1 saturated carbocycles. The van der Waals surface area contributed by atoms with Gasteiger partial charge in [-0.25, -0.2) is 0 Å². The van der Waals surface area contributed by atoms with Crippen LogP contribution in [0.4, 0.5) is 13.2 Å². The monoisotopic (exact) mass is 346 g/mol. The minimum absolute atomic E-state index is 0.00673. The van der Waals surface area contributed by atoms with Crippen molar-refractivity contribution in [2.75, 3.05) is 26.2 Å². The number of carbonyl (C=O) groups excluding carboxylic acids is 1. The summed E-state index contributed by atoms with van der Waals surface area (Å²) in [6.45, 7) is 3.64. The Morgan fingerprint density at radius 1 is 0.875 bits per heavy atom. The predicted octanol–water partition coefficient (Wildman–Crippen LogP) is 3.83. The lowest BCUT2D eigenvalue weighted by Gasteiger charge is -2.35. The van der Waals surface area contributed by atoms with Crippen molar-refractivity contribution in [1.29, 1.82) is 0 Å². The van der Waals surface area contributed by atoms with Gasteiger partial charge in [0.05, 0.1) is 5.92 Å². The molecular weight excluding hydrogens is 317 g/mol. The molecule has 0 aromatic carbocycles. The molecule has 0 unspecified atom stereocenters. The van der Waals surface area contributed by atoms with Crippen molar-refractivity contribution in [3.8, 4) is 0 Å².